The van der Waals surface area contributed by atoms with E-state index in [1.54, 1.807) is 11.3 Å². The Morgan fingerprint density at radius 1 is 1.60 bits per heavy atom. The van der Waals surface area contributed by atoms with Gasteiger partial charge in [0.25, 0.3) is 0 Å². The van der Waals surface area contributed by atoms with Crippen molar-refractivity contribution in [2.24, 2.45) is 10.8 Å². The van der Waals surface area contributed by atoms with E-state index >= 15 is 0 Å². The zero-order chi connectivity index (χ0) is 11.1. The Labute approximate surface area is 94.6 Å². The Hall–Kier alpha value is -1.07. The highest BCUT2D eigenvalue weighted by molar-refractivity contribution is 7.09. The van der Waals surface area contributed by atoms with Crippen molar-refractivity contribution in [1.29, 1.82) is 0 Å². The monoisotopic (exact) mass is 226 g/mol. The van der Waals surface area contributed by atoms with Crippen LogP contribution in [0, 0.1) is 0 Å². The van der Waals surface area contributed by atoms with Crippen LogP contribution in [0.3, 0.4) is 0 Å². The third-order valence-corrected chi connectivity index (χ3v) is 2.71. The summed E-state index contributed by atoms with van der Waals surface area (Å²) in [5, 5.41) is 5.20. The molecule has 15 heavy (non-hydrogen) atoms. The van der Waals surface area contributed by atoms with Crippen molar-refractivity contribution in [3.8, 4) is 0 Å². The fourth-order valence-electron chi connectivity index (χ4n) is 1.14. The quantitative estimate of drug-likeness (QED) is 0.312. The molecule has 84 valence electrons. The van der Waals surface area contributed by atoms with Gasteiger partial charge in [-0.25, -0.2) is 5.84 Å². The van der Waals surface area contributed by atoms with E-state index in [9.17, 15) is 0 Å². The van der Waals surface area contributed by atoms with Gasteiger partial charge in [-0.1, -0.05) is 6.07 Å². The van der Waals surface area contributed by atoms with Gasteiger partial charge in [0.1, 0.15) is 0 Å². The van der Waals surface area contributed by atoms with Crippen molar-refractivity contribution < 1.29 is 0 Å². The molecule has 0 fully saturated rings. The normalized spacial score (nSPS) is 11.9. The predicted octanol–water partition coefficient (Wildman–Crippen LogP) is 1.11. The summed E-state index contributed by atoms with van der Waals surface area (Å²) in [5.74, 6) is 5.99. The standard InChI is InChI=1S/C10H18N4S/c1-8(2)13-10(14-11)12-6-5-9-4-3-7-15-9/h3-4,7-8H,5-6,11H2,1-2H3,(H2,12,13,14). The summed E-state index contributed by atoms with van der Waals surface area (Å²) in [6.45, 7) is 4.85. The van der Waals surface area contributed by atoms with Crippen LogP contribution in [0.2, 0.25) is 0 Å². The number of hydrogen-bond acceptors (Lipinski definition) is 3. The van der Waals surface area contributed by atoms with E-state index in [1.807, 2.05) is 13.8 Å². The molecular formula is C10H18N4S. The molecule has 0 aromatic carbocycles. The third-order valence-electron chi connectivity index (χ3n) is 1.77. The zero-order valence-electron chi connectivity index (χ0n) is 9.16. The fourth-order valence-corrected chi connectivity index (χ4v) is 1.84. The summed E-state index contributed by atoms with van der Waals surface area (Å²) in [6, 6.07) is 4.51. The number of nitrogens with zero attached hydrogens (tertiary/aromatic N) is 1. The Balaban J connectivity index is 2.34. The molecule has 0 saturated carbocycles. The molecule has 1 rings (SSSR count). The van der Waals surface area contributed by atoms with Crippen molar-refractivity contribution in [3.05, 3.63) is 22.4 Å². The van der Waals surface area contributed by atoms with E-state index in [-0.39, 0.29) is 0 Å². The molecule has 0 saturated heterocycles. The smallest absolute Gasteiger partial charge is 0.205 e. The topological polar surface area (TPSA) is 62.4 Å². The summed E-state index contributed by atoms with van der Waals surface area (Å²) < 4.78 is 0. The molecule has 0 aliphatic rings. The maximum absolute atomic E-state index is 5.34. The third kappa shape index (κ3) is 4.80. The van der Waals surface area contributed by atoms with E-state index in [1.165, 1.54) is 4.88 Å². The fraction of sp³-hybridized carbons (Fsp3) is 0.500. The van der Waals surface area contributed by atoms with Crippen molar-refractivity contribution in [2.45, 2.75) is 26.3 Å². The molecule has 0 spiro atoms. The number of guanidine groups is 1. The second-order valence-corrected chi connectivity index (χ2v) is 4.54. The van der Waals surface area contributed by atoms with Crippen LogP contribution in [0.15, 0.2) is 22.5 Å². The number of aliphatic imine (C=N–C) groups is 1. The Morgan fingerprint density at radius 2 is 2.40 bits per heavy atom. The first-order valence-corrected chi connectivity index (χ1v) is 5.90. The van der Waals surface area contributed by atoms with Crippen LogP contribution in [0.25, 0.3) is 0 Å². The number of rotatable bonds is 4. The molecule has 4 N–H and O–H groups in total. The Morgan fingerprint density at radius 3 is 2.93 bits per heavy atom. The molecule has 1 heterocycles. The maximum atomic E-state index is 5.34. The van der Waals surface area contributed by atoms with E-state index in [2.05, 4.69) is 33.2 Å². The first-order chi connectivity index (χ1) is 7.22. The second kappa shape index (κ2) is 6.42. The van der Waals surface area contributed by atoms with Crippen LogP contribution >= 0.6 is 11.3 Å². The summed E-state index contributed by atoms with van der Waals surface area (Å²) in [5.41, 5.74) is 2.56. The molecule has 4 nitrogen and oxygen atoms in total. The van der Waals surface area contributed by atoms with Gasteiger partial charge >= 0.3 is 0 Å². The van der Waals surface area contributed by atoms with Gasteiger partial charge in [0.05, 0.1) is 0 Å². The first kappa shape index (κ1) is 12.0. The van der Waals surface area contributed by atoms with Crippen LogP contribution < -0.4 is 16.6 Å². The summed E-state index contributed by atoms with van der Waals surface area (Å²) >= 11 is 1.75. The van der Waals surface area contributed by atoms with Crippen LogP contribution in [0.4, 0.5) is 0 Å². The van der Waals surface area contributed by atoms with Crippen LogP contribution in [-0.2, 0) is 6.42 Å². The van der Waals surface area contributed by atoms with E-state index in [4.69, 9.17) is 5.84 Å². The van der Waals surface area contributed by atoms with Gasteiger partial charge in [0.2, 0.25) is 5.96 Å². The Bertz CT molecular complexity index is 292. The molecule has 0 unspecified atom stereocenters. The minimum atomic E-state index is 0.335. The van der Waals surface area contributed by atoms with Gasteiger partial charge in [-0.2, -0.15) is 0 Å². The maximum Gasteiger partial charge on any atom is 0.205 e. The molecule has 0 bridgehead atoms. The molecule has 1 aromatic rings. The van der Waals surface area contributed by atoms with Gasteiger partial charge in [0, 0.05) is 23.9 Å². The zero-order valence-corrected chi connectivity index (χ0v) is 9.97. The molecular weight excluding hydrogens is 208 g/mol. The number of thiophene rings is 1. The van der Waals surface area contributed by atoms with Crippen molar-refractivity contribution in [2.75, 3.05) is 6.54 Å². The average molecular weight is 226 g/mol. The van der Waals surface area contributed by atoms with Gasteiger partial charge in [-0.15, -0.1) is 11.3 Å². The van der Waals surface area contributed by atoms with Crippen molar-refractivity contribution in [3.63, 3.8) is 0 Å². The van der Waals surface area contributed by atoms with Crippen LogP contribution in [-0.4, -0.2) is 18.5 Å². The second-order valence-electron chi connectivity index (χ2n) is 3.50. The average Bonchev–Trinajstić information content (AvgIpc) is 2.68. The Kier molecular flexibility index (Phi) is 5.14. The van der Waals surface area contributed by atoms with Crippen LogP contribution in [0.1, 0.15) is 18.7 Å². The molecule has 0 aliphatic carbocycles. The minimum absolute atomic E-state index is 0.335. The summed E-state index contributed by atoms with van der Waals surface area (Å²) in [4.78, 5) is 5.68. The van der Waals surface area contributed by atoms with Gasteiger partial charge in [-0.05, 0) is 25.3 Å². The number of nitrogens with two attached hydrogens (primary N) is 1. The number of hydrazine groups is 1. The van der Waals surface area contributed by atoms with Gasteiger partial charge < -0.3 is 5.32 Å². The molecule has 1 aromatic heterocycles. The van der Waals surface area contributed by atoms with Crippen molar-refractivity contribution >= 4 is 17.3 Å². The summed E-state index contributed by atoms with van der Waals surface area (Å²) in [6.07, 6.45) is 0.961. The number of nitrogens with one attached hydrogen (secondary N) is 2. The van der Waals surface area contributed by atoms with E-state index < -0.39 is 0 Å². The molecule has 0 amide bonds. The number of hydrogen-bond donors (Lipinski definition) is 3. The molecule has 0 aliphatic heterocycles. The summed E-state index contributed by atoms with van der Waals surface area (Å²) in [7, 11) is 0. The minimum Gasteiger partial charge on any atom is -0.353 e. The predicted molar refractivity (Wildman–Crippen MR) is 65.9 cm³/mol. The lowest BCUT2D eigenvalue weighted by molar-refractivity contribution is 0.702. The SMILES string of the molecule is CC(C)NC(=NCCc1cccs1)NN. The highest BCUT2D eigenvalue weighted by Crippen LogP contribution is 2.08. The van der Waals surface area contributed by atoms with Crippen LogP contribution in [0.5, 0.6) is 0 Å². The van der Waals surface area contributed by atoms with Gasteiger partial charge in [-0.3, -0.25) is 10.4 Å². The first-order valence-electron chi connectivity index (χ1n) is 5.02. The largest absolute Gasteiger partial charge is 0.353 e. The lowest BCUT2D eigenvalue weighted by Gasteiger charge is -2.11. The van der Waals surface area contributed by atoms with E-state index in [0.29, 0.717) is 12.0 Å². The van der Waals surface area contributed by atoms with E-state index in [0.717, 1.165) is 13.0 Å². The van der Waals surface area contributed by atoms with Gasteiger partial charge in [0.15, 0.2) is 0 Å². The molecule has 5 heteroatoms. The highest BCUT2D eigenvalue weighted by atomic mass is 32.1. The lowest BCUT2D eigenvalue weighted by Crippen LogP contribution is -2.44. The highest BCUT2D eigenvalue weighted by Gasteiger charge is 1.98. The molecule has 0 atom stereocenters. The molecule has 0 radical (unpaired) electrons. The lowest BCUT2D eigenvalue weighted by atomic mass is 10.3. The van der Waals surface area contributed by atoms with Crippen molar-refractivity contribution in [1.82, 2.24) is 10.7 Å².